The summed E-state index contributed by atoms with van der Waals surface area (Å²) in [5.74, 6) is -0.253. The number of halogens is 2. The van der Waals surface area contributed by atoms with Crippen molar-refractivity contribution in [3.63, 3.8) is 0 Å². The topological polar surface area (TPSA) is 29.1 Å². The quantitative estimate of drug-likeness (QED) is 0.625. The molecule has 0 unspecified atom stereocenters. The highest BCUT2D eigenvalue weighted by Gasteiger charge is 2.13. The molecule has 0 heterocycles. The van der Waals surface area contributed by atoms with Gasteiger partial charge in [0, 0.05) is 10.7 Å². The Morgan fingerprint density at radius 1 is 0.875 bits per heavy atom. The lowest BCUT2D eigenvalue weighted by atomic mass is 10.0. The summed E-state index contributed by atoms with van der Waals surface area (Å²) in [6.07, 6.45) is 0.742. The molecule has 0 saturated heterocycles. The number of nitrogens with one attached hydrogen (secondary N) is 1. The lowest BCUT2D eigenvalue weighted by molar-refractivity contribution is 0.102. The van der Waals surface area contributed by atoms with E-state index in [2.05, 4.69) is 17.4 Å². The second-order valence-electron chi connectivity index (χ2n) is 5.40. The third kappa shape index (κ3) is 3.97. The number of benzene rings is 3. The van der Waals surface area contributed by atoms with Crippen molar-refractivity contribution in [3.8, 4) is 0 Å². The van der Waals surface area contributed by atoms with E-state index in [0.717, 1.165) is 17.7 Å². The van der Waals surface area contributed by atoms with Crippen LogP contribution in [0.1, 0.15) is 21.5 Å². The zero-order valence-corrected chi connectivity index (χ0v) is 14.3. The number of rotatable bonds is 4. The van der Waals surface area contributed by atoms with Crippen LogP contribution >= 0.6 is 23.2 Å². The van der Waals surface area contributed by atoms with E-state index in [4.69, 9.17) is 23.2 Å². The van der Waals surface area contributed by atoms with Crippen LogP contribution in [0.25, 0.3) is 0 Å². The number of anilines is 1. The van der Waals surface area contributed by atoms with Gasteiger partial charge in [-0.05, 0) is 41.8 Å². The monoisotopic (exact) mass is 355 g/mol. The summed E-state index contributed by atoms with van der Waals surface area (Å²) in [4.78, 5) is 12.5. The summed E-state index contributed by atoms with van der Waals surface area (Å²) in [5.41, 5.74) is 3.40. The Balaban J connectivity index is 1.84. The van der Waals surface area contributed by atoms with Gasteiger partial charge in [-0.1, -0.05) is 71.7 Å². The molecule has 0 bridgehead atoms. The highest BCUT2D eigenvalue weighted by molar-refractivity contribution is 6.37. The van der Waals surface area contributed by atoms with E-state index in [-0.39, 0.29) is 5.91 Å². The molecule has 4 heteroatoms. The Bertz CT molecular complexity index is 863. The number of hydrogen-bond donors (Lipinski definition) is 1. The van der Waals surface area contributed by atoms with Crippen LogP contribution in [0.2, 0.25) is 10.0 Å². The van der Waals surface area contributed by atoms with Crippen molar-refractivity contribution in [2.45, 2.75) is 6.42 Å². The predicted octanol–water partition coefficient (Wildman–Crippen LogP) is 5.84. The van der Waals surface area contributed by atoms with Gasteiger partial charge in [0.1, 0.15) is 0 Å². The van der Waals surface area contributed by atoms with Gasteiger partial charge in [0.2, 0.25) is 0 Å². The Morgan fingerprint density at radius 3 is 2.33 bits per heavy atom. The third-order valence-corrected chi connectivity index (χ3v) is 4.23. The van der Waals surface area contributed by atoms with Gasteiger partial charge in [-0.25, -0.2) is 0 Å². The maximum atomic E-state index is 12.5. The van der Waals surface area contributed by atoms with E-state index in [1.165, 1.54) is 5.56 Å². The summed E-state index contributed by atoms with van der Waals surface area (Å²) in [7, 11) is 0. The molecule has 120 valence electrons. The fourth-order valence-corrected chi connectivity index (χ4v) is 2.97. The van der Waals surface area contributed by atoms with Crippen molar-refractivity contribution < 1.29 is 4.79 Å². The first kappa shape index (κ1) is 16.6. The van der Waals surface area contributed by atoms with E-state index >= 15 is 0 Å². The zero-order chi connectivity index (χ0) is 16.9. The van der Waals surface area contributed by atoms with Gasteiger partial charge in [-0.3, -0.25) is 4.79 Å². The molecule has 2 nitrogen and oxygen atoms in total. The maximum absolute atomic E-state index is 12.5. The molecule has 0 saturated carbocycles. The highest BCUT2D eigenvalue weighted by atomic mass is 35.5. The molecule has 0 radical (unpaired) electrons. The second kappa shape index (κ2) is 7.52. The maximum Gasteiger partial charge on any atom is 0.257 e. The minimum Gasteiger partial charge on any atom is -0.322 e. The fraction of sp³-hybridized carbons (Fsp3) is 0.0500. The van der Waals surface area contributed by atoms with Crippen molar-refractivity contribution >= 4 is 34.8 Å². The average Bonchev–Trinajstić information content (AvgIpc) is 2.57. The van der Waals surface area contributed by atoms with E-state index in [0.29, 0.717) is 15.6 Å². The molecule has 0 aliphatic carbocycles. The lowest BCUT2D eigenvalue weighted by Crippen LogP contribution is -2.14. The zero-order valence-electron chi connectivity index (χ0n) is 12.8. The minimum absolute atomic E-state index is 0.253. The number of para-hydroxylation sites is 1. The first-order valence-electron chi connectivity index (χ1n) is 7.52. The average molecular weight is 356 g/mol. The van der Waals surface area contributed by atoms with Gasteiger partial charge >= 0.3 is 0 Å². The molecule has 1 N–H and O–H groups in total. The Kier molecular flexibility index (Phi) is 5.19. The summed E-state index contributed by atoms with van der Waals surface area (Å²) < 4.78 is 0. The van der Waals surface area contributed by atoms with E-state index in [9.17, 15) is 4.79 Å². The van der Waals surface area contributed by atoms with Crippen LogP contribution in [-0.4, -0.2) is 5.91 Å². The van der Waals surface area contributed by atoms with Gasteiger partial charge in [0.05, 0.1) is 10.6 Å². The standard InChI is InChI=1S/C20H15Cl2NO/c21-16-10-11-17(18(22)13-16)20(24)23-19-9-5-4-8-15(19)12-14-6-2-1-3-7-14/h1-11,13H,12H2,(H,23,24). The molecule has 3 aromatic carbocycles. The summed E-state index contributed by atoms with van der Waals surface area (Å²) in [6.45, 7) is 0. The highest BCUT2D eigenvalue weighted by Crippen LogP contribution is 2.24. The number of carbonyl (C=O) groups excluding carboxylic acids is 1. The normalized spacial score (nSPS) is 10.4. The first-order chi connectivity index (χ1) is 11.6. The van der Waals surface area contributed by atoms with Crippen molar-refractivity contribution in [1.29, 1.82) is 0 Å². The number of amides is 1. The van der Waals surface area contributed by atoms with E-state index < -0.39 is 0 Å². The molecule has 0 aromatic heterocycles. The molecule has 0 atom stereocenters. The van der Waals surface area contributed by atoms with Crippen LogP contribution in [0.4, 0.5) is 5.69 Å². The minimum atomic E-state index is -0.253. The lowest BCUT2D eigenvalue weighted by Gasteiger charge is -2.12. The van der Waals surface area contributed by atoms with Gasteiger partial charge < -0.3 is 5.32 Å². The molecule has 0 aliphatic rings. The molecular weight excluding hydrogens is 341 g/mol. The van der Waals surface area contributed by atoms with Crippen molar-refractivity contribution in [3.05, 3.63) is 99.5 Å². The molecule has 24 heavy (non-hydrogen) atoms. The number of hydrogen-bond acceptors (Lipinski definition) is 1. The molecule has 1 amide bonds. The second-order valence-corrected chi connectivity index (χ2v) is 6.24. The SMILES string of the molecule is O=C(Nc1ccccc1Cc1ccccc1)c1ccc(Cl)cc1Cl. The van der Waals surface area contributed by atoms with Gasteiger partial charge in [0.25, 0.3) is 5.91 Å². The molecule has 3 rings (SSSR count). The largest absolute Gasteiger partial charge is 0.322 e. The van der Waals surface area contributed by atoms with Gasteiger partial charge in [-0.15, -0.1) is 0 Å². The smallest absolute Gasteiger partial charge is 0.257 e. The van der Waals surface area contributed by atoms with Crippen LogP contribution in [0.5, 0.6) is 0 Å². The van der Waals surface area contributed by atoms with Crippen LogP contribution in [0, 0.1) is 0 Å². The predicted molar refractivity (Wildman–Crippen MR) is 100 cm³/mol. The van der Waals surface area contributed by atoms with Crippen LogP contribution in [0.15, 0.2) is 72.8 Å². The van der Waals surface area contributed by atoms with Gasteiger partial charge in [-0.2, -0.15) is 0 Å². The third-order valence-electron chi connectivity index (χ3n) is 3.68. The van der Waals surface area contributed by atoms with E-state index in [1.807, 2.05) is 42.5 Å². The Labute approximate surface area is 151 Å². The van der Waals surface area contributed by atoms with E-state index in [1.54, 1.807) is 18.2 Å². The molecule has 0 fully saturated rings. The molecule has 0 aliphatic heterocycles. The van der Waals surface area contributed by atoms with Crippen LogP contribution in [0.3, 0.4) is 0 Å². The van der Waals surface area contributed by atoms with Crippen LogP contribution < -0.4 is 5.32 Å². The molecular formula is C20H15Cl2NO. The van der Waals surface area contributed by atoms with Crippen molar-refractivity contribution in [2.24, 2.45) is 0 Å². The number of carbonyl (C=O) groups is 1. The first-order valence-corrected chi connectivity index (χ1v) is 8.27. The summed E-state index contributed by atoms with van der Waals surface area (Å²) >= 11 is 12.0. The Morgan fingerprint density at radius 2 is 1.58 bits per heavy atom. The summed E-state index contributed by atoms with van der Waals surface area (Å²) in [5, 5.41) is 3.78. The van der Waals surface area contributed by atoms with Crippen molar-refractivity contribution in [1.82, 2.24) is 0 Å². The van der Waals surface area contributed by atoms with Crippen LogP contribution in [-0.2, 0) is 6.42 Å². The summed E-state index contributed by atoms with van der Waals surface area (Å²) in [6, 6.07) is 22.7. The Hall–Kier alpha value is -2.29. The van der Waals surface area contributed by atoms with Gasteiger partial charge in [0.15, 0.2) is 0 Å². The van der Waals surface area contributed by atoms with Crippen molar-refractivity contribution in [2.75, 3.05) is 5.32 Å². The fourth-order valence-electron chi connectivity index (χ4n) is 2.48. The molecule has 0 spiro atoms. The molecule has 3 aromatic rings.